The SMILES string of the molecule is Cn1c(=O)n(C)c2cc(-c3ccc(-c4cc(-c5ccc(-c6ccc(-c7ccccc7)c7ccccc67)cc5)nc(-c5ccccc5)n4)cc3)ccc21. The molecule has 0 saturated heterocycles. The Balaban J connectivity index is 1.08. The molecule has 52 heavy (non-hydrogen) atoms. The Labute approximate surface area is 301 Å². The van der Waals surface area contributed by atoms with Gasteiger partial charge in [-0.1, -0.05) is 152 Å². The summed E-state index contributed by atoms with van der Waals surface area (Å²) in [5.74, 6) is 0.680. The highest BCUT2D eigenvalue weighted by molar-refractivity contribution is 6.05. The van der Waals surface area contributed by atoms with Crippen molar-refractivity contribution in [3.63, 3.8) is 0 Å². The van der Waals surface area contributed by atoms with E-state index in [-0.39, 0.29) is 5.69 Å². The van der Waals surface area contributed by atoms with E-state index in [4.69, 9.17) is 9.97 Å². The Morgan fingerprint density at radius 3 is 1.40 bits per heavy atom. The molecule has 9 rings (SSSR count). The average molecular weight is 671 g/mol. The Hall–Kier alpha value is -6.85. The number of benzene rings is 7. The van der Waals surface area contributed by atoms with E-state index in [0.29, 0.717) is 5.82 Å². The highest BCUT2D eigenvalue weighted by atomic mass is 16.1. The first-order valence-corrected chi connectivity index (χ1v) is 17.4. The first-order valence-electron chi connectivity index (χ1n) is 17.4. The van der Waals surface area contributed by atoms with E-state index in [9.17, 15) is 4.79 Å². The zero-order valence-corrected chi connectivity index (χ0v) is 28.9. The topological polar surface area (TPSA) is 52.7 Å². The molecule has 5 nitrogen and oxygen atoms in total. The standard InChI is InChI=1S/C47H34N4O/c1-50-44-28-25-37(29-45(44)51(2)47(50)52)31-17-21-34(22-18-31)42-30-43(49-46(48-42)36-13-7-4-8-14-36)35-23-19-33(20-24-35)39-27-26-38(32-11-5-3-6-12-32)40-15-9-10-16-41(39)40/h3-30H,1-2H3. The molecule has 0 aliphatic rings. The number of fused-ring (bicyclic) bond motifs is 2. The summed E-state index contributed by atoms with van der Waals surface area (Å²) in [5.41, 5.74) is 13.4. The van der Waals surface area contributed by atoms with Crippen LogP contribution in [0.1, 0.15) is 0 Å². The van der Waals surface area contributed by atoms with Crippen LogP contribution < -0.4 is 5.69 Å². The molecule has 0 amide bonds. The molecule has 7 aromatic carbocycles. The zero-order valence-electron chi connectivity index (χ0n) is 28.9. The Morgan fingerprint density at radius 1 is 0.385 bits per heavy atom. The van der Waals surface area contributed by atoms with Crippen molar-refractivity contribution >= 4 is 21.8 Å². The summed E-state index contributed by atoms with van der Waals surface area (Å²) in [6.07, 6.45) is 0. The van der Waals surface area contributed by atoms with Gasteiger partial charge >= 0.3 is 5.69 Å². The third kappa shape index (κ3) is 5.49. The highest BCUT2D eigenvalue weighted by Gasteiger charge is 2.14. The summed E-state index contributed by atoms with van der Waals surface area (Å²) < 4.78 is 3.37. The van der Waals surface area contributed by atoms with Crippen molar-refractivity contribution in [2.24, 2.45) is 14.1 Å². The van der Waals surface area contributed by atoms with Crippen molar-refractivity contribution < 1.29 is 0 Å². The second-order valence-electron chi connectivity index (χ2n) is 13.2. The molecule has 0 aliphatic carbocycles. The van der Waals surface area contributed by atoms with Gasteiger partial charge in [0.25, 0.3) is 0 Å². The van der Waals surface area contributed by atoms with Crippen molar-refractivity contribution in [1.82, 2.24) is 19.1 Å². The van der Waals surface area contributed by atoms with E-state index in [1.165, 1.54) is 27.5 Å². The van der Waals surface area contributed by atoms with E-state index in [1.807, 2.05) is 43.4 Å². The van der Waals surface area contributed by atoms with Gasteiger partial charge in [-0.05, 0) is 62.4 Å². The van der Waals surface area contributed by atoms with Gasteiger partial charge in [0.1, 0.15) is 0 Å². The Morgan fingerprint density at radius 2 is 0.827 bits per heavy atom. The fraction of sp³-hybridized carbons (Fsp3) is 0.0426. The highest BCUT2D eigenvalue weighted by Crippen LogP contribution is 2.37. The van der Waals surface area contributed by atoms with Gasteiger partial charge in [-0.3, -0.25) is 9.13 Å². The van der Waals surface area contributed by atoms with Gasteiger partial charge in [0.05, 0.1) is 22.4 Å². The molecule has 0 fully saturated rings. The summed E-state index contributed by atoms with van der Waals surface area (Å²) >= 11 is 0. The lowest BCUT2D eigenvalue weighted by atomic mass is 9.91. The van der Waals surface area contributed by atoms with Crippen LogP contribution in [0.4, 0.5) is 0 Å². The average Bonchev–Trinajstić information content (AvgIpc) is 3.43. The maximum absolute atomic E-state index is 12.5. The van der Waals surface area contributed by atoms with Crippen molar-refractivity contribution in [1.29, 1.82) is 0 Å². The fourth-order valence-corrected chi connectivity index (χ4v) is 7.22. The molecule has 2 heterocycles. The van der Waals surface area contributed by atoms with Gasteiger partial charge in [-0.15, -0.1) is 0 Å². The number of aryl methyl sites for hydroxylation is 2. The normalized spacial score (nSPS) is 11.3. The second kappa shape index (κ2) is 12.8. The van der Waals surface area contributed by atoms with Gasteiger partial charge in [0, 0.05) is 30.8 Å². The van der Waals surface area contributed by atoms with Gasteiger partial charge in [-0.2, -0.15) is 0 Å². The summed E-state index contributed by atoms with van der Waals surface area (Å²) in [6, 6.07) is 59.2. The molecular formula is C47H34N4O. The molecule has 248 valence electrons. The first-order chi connectivity index (χ1) is 25.5. The molecular weight excluding hydrogens is 637 g/mol. The van der Waals surface area contributed by atoms with Crippen molar-refractivity contribution in [2.45, 2.75) is 0 Å². The summed E-state index contributed by atoms with van der Waals surface area (Å²) in [6.45, 7) is 0. The molecule has 0 radical (unpaired) electrons. The minimum absolute atomic E-state index is 0.0306. The third-order valence-corrected chi connectivity index (χ3v) is 10.0. The molecule has 2 aromatic heterocycles. The molecule has 0 spiro atoms. The molecule has 9 aromatic rings. The Kier molecular flexibility index (Phi) is 7.67. The largest absolute Gasteiger partial charge is 0.328 e. The predicted molar refractivity (Wildman–Crippen MR) is 214 cm³/mol. The van der Waals surface area contributed by atoms with Crippen molar-refractivity contribution in [2.75, 3.05) is 0 Å². The first kappa shape index (κ1) is 31.2. The summed E-state index contributed by atoms with van der Waals surface area (Å²) in [7, 11) is 3.62. The van der Waals surface area contributed by atoms with Crippen LogP contribution in [-0.4, -0.2) is 19.1 Å². The van der Waals surface area contributed by atoms with Crippen LogP contribution in [0.25, 0.3) is 89.1 Å². The van der Waals surface area contributed by atoms with Gasteiger partial charge in [0.2, 0.25) is 0 Å². The maximum Gasteiger partial charge on any atom is 0.328 e. The molecule has 0 N–H and O–H groups in total. The van der Waals surface area contributed by atoms with Crippen LogP contribution in [0.15, 0.2) is 175 Å². The number of hydrogen-bond acceptors (Lipinski definition) is 3. The summed E-state index contributed by atoms with van der Waals surface area (Å²) in [5, 5.41) is 2.46. The van der Waals surface area contributed by atoms with Crippen LogP contribution in [0.2, 0.25) is 0 Å². The van der Waals surface area contributed by atoms with E-state index >= 15 is 0 Å². The van der Waals surface area contributed by atoms with Crippen LogP contribution in [-0.2, 0) is 14.1 Å². The second-order valence-corrected chi connectivity index (χ2v) is 13.2. The monoisotopic (exact) mass is 670 g/mol. The van der Waals surface area contributed by atoms with Crippen LogP contribution in [0, 0.1) is 0 Å². The van der Waals surface area contributed by atoms with Crippen LogP contribution in [0.5, 0.6) is 0 Å². The molecule has 5 heteroatoms. The van der Waals surface area contributed by atoms with Crippen LogP contribution >= 0.6 is 0 Å². The van der Waals surface area contributed by atoms with E-state index in [0.717, 1.165) is 55.8 Å². The third-order valence-electron chi connectivity index (χ3n) is 10.0. The number of aromatic nitrogens is 4. The van der Waals surface area contributed by atoms with Crippen molar-refractivity contribution in [3.05, 3.63) is 180 Å². The summed E-state index contributed by atoms with van der Waals surface area (Å²) in [4.78, 5) is 22.6. The van der Waals surface area contributed by atoms with E-state index in [2.05, 4.69) is 133 Å². The molecule has 0 bridgehead atoms. The fourth-order valence-electron chi connectivity index (χ4n) is 7.22. The van der Waals surface area contributed by atoms with Crippen molar-refractivity contribution in [3.8, 4) is 67.3 Å². The molecule has 0 atom stereocenters. The van der Waals surface area contributed by atoms with E-state index in [1.54, 1.807) is 16.2 Å². The minimum atomic E-state index is -0.0306. The van der Waals surface area contributed by atoms with Gasteiger partial charge in [0.15, 0.2) is 5.82 Å². The smallest absolute Gasteiger partial charge is 0.295 e. The molecule has 0 saturated carbocycles. The minimum Gasteiger partial charge on any atom is -0.295 e. The van der Waals surface area contributed by atoms with Crippen LogP contribution in [0.3, 0.4) is 0 Å². The number of nitrogens with zero attached hydrogens (tertiary/aromatic N) is 4. The molecule has 0 aliphatic heterocycles. The zero-order chi connectivity index (χ0) is 35.2. The Bertz CT molecular complexity index is 2800. The number of rotatable bonds is 6. The molecule has 0 unspecified atom stereocenters. The quantitative estimate of drug-likeness (QED) is 0.177. The lowest BCUT2D eigenvalue weighted by molar-refractivity contribution is 0.795. The number of imidazole rings is 1. The number of hydrogen-bond donors (Lipinski definition) is 0. The lowest BCUT2D eigenvalue weighted by Gasteiger charge is -2.13. The lowest BCUT2D eigenvalue weighted by Crippen LogP contribution is -2.19. The van der Waals surface area contributed by atoms with Gasteiger partial charge < -0.3 is 0 Å². The maximum atomic E-state index is 12.5. The van der Waals surface area contributed by atoms with E-state index < -0.39 is 0 Å². The predicted octanol–water partition coefficient (Wildman–Crippen LogP) is 10.8. The van der Waals surface area contributed by atoms with Gasteiger partial charge in [-0.25, -0.2) is 14.8 Å².